The lowest BCUT2D eigenvalue weighted by Gasteiger charge is -2.13. The molecule has 0 bridgehead atoms. The van der Waals surface area contributed by atoms with Crippen molar-refractivity contribution in [3.05, 3.63) is 35.4 Å². The Morgan fingerprint density at radius 1 is 1.20 bits per heavy atom. The molecular formula is C20H33N3O2. The highest BCUT2D eigenvalue weighted by molar-refractivity contribution is 5.79. The first-order valence-corrected chi connectivity index (χ1v) is 9.55. The molecule has 1 aromatic carbocycles. The van der Waals surface area contributed by atoms with Crippen molar-refractivity contribution in [2.24, 2.45) is 4.99 Å². The minimum Gasteiger partial charge on any atom is -0.379 e. The van der Waals surface area contributed by atoms with Crippen molar-refractivity contribution >= 4 is 5.96 Å². The average Bonchev–Trinajstić information content (AvgIpc) is 3.14. The summed E-state index contributed by atoms with van der Waals surface area (Å²) in [6.45, 7) is 9.15. The maximum atomic E-state index is 5.80. The Balaban J connectivity index is 1.71. The van der Waals surface area contributed by atoms with Gasteiger partial charge in [0.25, 0.3) is 0 Å². The van der Waals surface area contributed by atoms with E-state index in [0.29, 0.717) is 6.54 Å². The summed E-state index contributed by atoms with van der Waals surface area (Å²) in [5.74, 6) is 0.887. The van der Waals surface area contributed by atoms with Crippen molar-refractivity contribution in [3.63, 3.8) is 0 Å². The van der Waals surface area contributed by atoms with Gasteiger partial charge in [-0.15, -0.1) is 0 Å². The van der Waals surface area contributed by atoms with E-state index in [2.05, 4.69) is 48.7 Å². The quantitative estimate of drug-likeness (QED) is 0.388. The minimum atomic E-state index is 0.289. The Bertz CT molecular complexity index is 496. The highest BCUT2D eigenvalue weighted by atomic mass is 16.5. The van der Waals surface area contributed by atoms with E-state index in [0.717, 1.165) is 58.1 Å². The lowest BCUT2D eigenvalue weighted by Crippen LogP contribution is -2.38. The van der Waals surface area contributed by atoms with Gasteiger partial charge in [-0.1, -0.05) is 43.2 Å². The number of benzene rings is 1. The molecule has 5 heteroatoms. The van der Waals surface area contributed by atoms with Crippen LogP contribution in [0.4, 0.5) is 0 Å². The monoisotopic (exact) mass is 347 g/mol. The summed E-state index contributed by atoms with van der Waals surface area (Å²) < 4.78 is 11.1. The topological polar surface area (TPSA) is 54.9 Å². The molecule has 1 fully saturated rings. The van der Waals surface area contributed by atoms with Gasteiger partial charge in [-0.25, -0.2) is 4.99 Å². The molecule has 1 heterocycles. The SMILES string of the molecule is CCCCNC(=NCc1ccc(C)cc1)NCCCOC1CCOC1. The van der Waals surface area contributed by atoms with Gasteiger partial charge in [-0.3, -0.25) is 0 Å². The van der Waals surface area contributed by atoms with Crippen molar-refractivity contribution in [2.75, 3.05) is 32.9 Å². The van der Waals surface area contributed by atoms with Crippen LogP contribution in [0.3, 0.4) is 0 Å². The molecule has 1 atom stereocenters. The van der Waals surface area contributed by atoms with Gasteiger partial charge in [0.05, 0.1) is 19.3 Å². The molecule has 0 amide bonds. The molecule has 1 aliphatic rings. The molecular weight excluding hydrogens is 314 g/mol. The Labute approximate surface area is 152 Å². The lowest BCUT2D eigenvalue weighted by molar-refractivity contribution is 0.0420. The van der Waals surface area contributed by atoms with E-state index >= 15 is 0 Å². The van der Waals surface area contributed by atoms with E-state index in [1.165, 1.54) is 17.5 Å². The van der Waals surface area contributed by atoms with Crippen LogP contribution in [0.2, 0.25) is 0 Å². The van der Waals surface area contributed by atoms with Crippen LogP contribution in [0.5, 0.6) is 0 Å². The highest BCUT2D eigenvalue weighted by Gasteiger charge is 2.15. The van der Waals surface area contributed by atoms with Crippen molar-refractivity contribution in [3.8, 4) is 0 Å². The molecule has 0 aromatic heterocycles. The largest absolute Gasteiger partial charge is 0.379 e. The molecule has 0 aliphatic carbocycles. The standard InChI is InChI=1S/C20H33N3O2/c1-3-4-11-21-20(23-15-18-8-6-17(2)7-9-18)22-12-5-13-25-19-10-14-24-16-19/h6-9,19H,3-5,10-16H2,1-2H3,(H2,21,22,23). The van der Waals surface area contributed by atoms with Crippen molar-refractivity contribution in [1.82, 2.24) is 10.6 Å². The van der Waals surface area contributed by atoms with Gasteiger partial charge in [0.2, 0.25) is 0 Å². The molecule has 0 saturated carbocycles. The Hall–Kier alpha value is -1.59. The van der Waals surface area contributed by atoms with Gasteiger partial charge in [0, 0.05) is 26.3 Å². The normalized spacial score (nSPS) is 17.7. The number of ether oxygens (including phenoxy) is 2. The van der Waals surface area contributed by atoms with Crippen molar-refractivity contribution in [2.45, 2.75) is 52.2 Å². The van der Waals surface area contributed by atoms with E-state index in [1.807, 2.05) is 0 Å². The van der Waals surface area contributed by atoms with Crippen LogP contribution in [0, 0.1) is 6.92 Å². The number of unbranched alkanes of at least 4 members (excludes halogenated alkanes) is 1. The van der Waals surface area contributed by atoms with Gasteiger partial charge >= 0.3 is 0 Å². The van der Waals surface area contributed by atoms with E-state index in [4.69, 9.17) is 14.5 Å². The van der Waals surface area contributed by atoms with Crippen molar-refractivity contribution in [1.29, 1.82) is 0 Å². The number of aryl methyl sites for hydroxylation is 1. The number of rotatable bonds is 10. The zero-order valence-electron chi connectivity index (χ0n) is 15.7. The molecule has 25 heavy (non-hydrogen) atoms. The molecule has 2 rings (SSSR count). The van der Waals surface area contributed by atoms with Crippen LogP contribution >= 0.6 is 0 Å². The molecule has 0 radical (unpaired) electrons. The molecule has 0 spiro atoms. The average molecular weight is 348 g/mol. The van der Waals surface area contributed by atoms with E-state index < -0.39 is 0 Å². The van der Waals surface area contributed by atoms with E-state index in [9.17, 15) is 0 Å². The van der Waals surface area contributed by atoms with Crippen molar-refractivity contribution < 1.29 is 9.47 Å². The zero-order chi connectivity index (χ0) is 17.7. The van der Waals surface area contributed by atoms with Gasteiger partial charge < -0.3 is 20.1 Å². The fraction of sp³-hybridized carbons (Fsp3) is 0.650. The number of nitrogens with one attached hydrogen (secondary N) is 2. The summed E-state index contributed by atoms with van der Waals surface area (Å²) >= 11 is 0. The van der Waals surface area contributed by atoms with Crippen LogP contribution in [0.1, 0.15) is 43.7 Å². The first kappa shape index (κ1) is 19.7. The van der Waals surface area contributed by atoms with E-state index in [1.54, 1.807) is 0 Å². The molecule has 1 saturated heterocycles. The van der Waals surface area contributed by atoms with Gasteiger partial charge in [0.15, 0.2) is 5.96 Å². The maximum absolute atomic E-state index is 5.80. The summed E-state index contributed by atoms with van der Waals surface area (Å²) in [5, 5.41) is 6.83. The second-order valence-corrected chi connectivity index (χ2v) is 6.57. The summed E-state index contributed by atoms with van der Waals surface area (Å²) in [7, 11) is 0. The predicted molar refractivity (Wildman–Crippen MR) is 103 cm³/mol. The highest BCUT2D eigenvalue weighted by Crippen LogP contribution is 2.08. The zero-order valence-corrected chi connectivity index (χ0v) is 15.7. The third kappa shape index (κ3) is 8.36. The van der Waals surface area contributed by atoms with Crippen LogP contribution in [-0.2, 0) is 16.0 Å². The smallest absolute Gasteiger partial charge is 0.191 e. The van der Waals surface area contributed by atoms with Crippen LogP contribution < -0.4 is 10.6 Å². The summed E-state index contributed by atoms with van der Waals surface area (Å²) in [4.78, 5) is 4.70. The lowest BCUT2D eigenvalue weighted by atomic mass is 10.1. The first-order valence-electron chi connectivity index (χ1n) is 9.55. The van der Waals surface area contributed by atoms with Gasteiger partial charge in [-0.05, 0) is 31.7 Å². The molecule has 2 N–H and O–H groups in total. The predicted octanol–water partition coefficient (Wildman–Crippen LogP) is 3.03. The molecule has 140 valence electrons. The number of hydrogen-bond donors (Lipinski definition) is 2. The molecule has 1 unspecified atom stereocenters. The van der Waals surface area contributed by atoms with Crippen LogP contribution in [0.25, 0.3) is 0 Å². The second-order valence-electron chi connectivity index (χ2n) is 6.57. The third-order valence-electron chi connectivity index (χ3n) is 4.22. The molecule has 5 nitrogen and oxygen atoms in total. The summed E-state index contributed by atoms with van der Waals surface area (Å²) in [6, 6.07) is 8.54. The van der Waals surface area contributed by atoms with Gasteiger partial charge in [0.1, 0.15) is 0 Å². The summed E-state index contributed by atoms with van der Waals surface area (Å²) in [6.07, 6.45) is 4.61. The van der Waals surface area contributed by atoms with E-state index in [-0.39, 0.29) is 6.10 Å². The number of aliphatic imine (C=N–C) groups is 1. The third-order valence-corrected chi connectivity index (χ3v) is 4.22. The Kier molecular flexibility index (Phi) is 9.37. The first-order chi connectivity index (χ1) is 12.3. The fourth-order valence-electron chi connectivity index (χ4n) is 2.59. The Morgan fingerprint density at radius 3 is 2.64 bits per heavy atom. The molecule has 1 aromatic rings. The fourth-order valence-corrected chi connectivity index (χ4v) is 2.59. The number of guanidine groups is 1. The Morgan fingerprint density at radius 2 is 1.96 bits per heavy atom. The maximum Gasteiger partial charge on any atom is 0.191 e. The number of nitrogens with zero attached hydrogens (tertiary/aromatic N) is 1. The number of hydrogen-bond acceptors (Lipinski definition) is 3. The van der Waals surface area contributed by atoms with Crippen LogP contribution in [0.15, 0.2) is 29.3 Å². The minimum absolute atomic E-state index is 0.289. The van der Waals surface area contributed by atoms with Gasteiger partial charge in [-0.2, -0.15) is 0 Å². The molecule has 1 aliphatic heterocycles. The summed E-state index contributed by atoms with van der Waals surface area (Å²) in [5.41, 5.74) is 2.51. The van der Waals surface area contributed by atoms with Crippen LogP contribution in [-0.4, -0.2) is 45.0 Å². The second kappa shape index (κ2) is 11.9.